The van der Waals surface area contributed by atoms with Crippen LogP contribution in [0.25, 0.3) is 0 Å². The molecule has 0 aliphatic carbocycles. The van der Waals surface area contributed by atoms with E-state index >= 15 is 0 Å². The maximum Gasteiger partial charge on any atom is 0.192 e. The fourth-order valence-electron chi connectivity index (χ4n) is 4.07. The first-order valence-corrected chi connectivity index (χ1v) is 15.9. The fourth-order valence-corrected chi connectivity index (χ4v) is 8.54. The van der Waals surface area contributed by atoms with Crippen LogP contribution in [0.4, 0.5) is 0 Å². The summed E-state index contributed by atoms with van der Waals surface area (Å²) in [6.07, 6.45) is 1.97. The van der Waals surface area contributed by atoms with E-state index in [1.54, 1.807) is 4.31 Å². The number of hydrogen-bond acceptors (Lipinski definition) is 2. The van der Waals surface area contributed by atoms with Gasteiger partial charge in [-0.1, -0.05) is 83.1 Å². The molecule has 2 rings (SSSR count). The van der Waals surface area contributed by atoms with Gasteiger partial charge in [-0.05, 0) is 66.9 Å². The first-order chi connectivity index (χ1) is 15.2. The molecule has 0 aliphatic heterocycles. The van der Waals surface area contributed by atoms with Crippen LogP contribution in [0.3, 0.4) is 0 Å². The molecular weight excluding hydrogens is 430 g/mol. The highest BCUT2D eigenvalue weighted by atomic mass is 32.2. The minimum Gasteiger partial charge on any atom is -0.409 e. The van der Waals surface area contributed by atoms with Crippen molar-refractivity contribution in [2.45, 2.75) is 63.8 Å². The number of benzene rings is 2. The Morgan fingerprint density at radius 2 is 1.44 bits per heavy atom. The lowest BCUT2D eigenvalue weighted by Crippen LogP contribution is -2.39. The molecule has 0 aromatic heterocycles. The van der Waals surface area contributed by atoms with Crippen LogP contribution in [0.5, 0.6) is 0 Å². The van der Waals surface area contributed by atoms with Crippen molar-refractivity contribution in [2.75, 3.05) is 14.1 Å². The van der Waals surface area contributed by atoms with Gasteiger partial charge in [0.25, 0.3) is 0 Å². The molecular formula is C27H41NO2SSi. The Labute approximate surface area is 197 Å². The molecule has 0 amide bonds. The minimum atomic E-state index is -2.61. The molecule has 2 aromatic carbocycles. The second kappa shape index (κ2) is 12.0. The van der Waals surface area contributed by atoms with Crippen molar-refractivity contribution < 1.29 is 8.63 Å². The average molecular weight is 472 g/mol. The van der Waals surface area contributed by atoms with Crippen LogP contribution in [-0.4, -0.2) is 35.9 Å². The molecule has 0 bridgehead atoms. The Balaban J connectivity index is 2.67. The molecule has 0 saturated carbocycles. The largest absolute Gasteiger partial charge is 0.409 e. The molecule has 2 aromatic rings. The predicted molar refractivity (Wildman–Crippen MR) is 142 cm³/mol. The van der Waals surface area contributed by atoms with Gasteiger partial charge in [0.05, 0.1) is 11.0 Å². The molecule has 3 nitrogen and oxygen atoms in total. The molecule has 0 spiro atoms. The van der Waals surface area contributed by atoms with Gasteiger partial charge < -0.3 is 4.43 Å². The summed E-state index contributed by atoms with van der Waals surface area (Å²) in [5, 5.41) is 3.35. The molecule has 1 unspecified atom stereocenters. The van der Waals surface area contributed by atoms with E-state index in [4.69, 9.17) is 4.43 Å². The lowest BCUT2D eigenvalue weighted by Gasteiger charge is -2.37. The van der Waals surface area contributed by atoms with Gasteiger partial charge in [-0.15, -0.1) is 0 Å². The van der Waals surface area contributed by atoms with E-state index in [0.29, 0.717) is 5.92 Å². The Morgan fingerprint density at radius 3 is 1.88 bits per heavy atom. The summed E-state index contributed by atoms with van der Waals surface area (Å²) >= 11 is 0. The summed E-state index contributed by atoms with van der Waals surface area (Å²) in [5.74, 6) is 0.380. The average Bonchev–Trinajstić information content (AvgIpc) is 2.82. The van der Waals surface area contributed by atoms with Crippen LogP contribution >= 0.6 is 0 Å². The molecule has 0 aliphatic rings. The van der Waals surface area contributed by atoms with Crippen molar-refractivity contribution >= 4 is 23.0 Å². The molecule has 32 heavy (non-hydrogen) atoms. The van der Waals surface area contributed by atoms with E-state index in [1.165, 1.54) is 5.56 Å². The molecule has 0 heterocycles. The summed E-state index contributed by atoms with van der Waals surface area (Å²) in [5.41, 5.74) is 1.19. The Kier molecular flexibility index (Phi) is 10.00. The highest BCUT2D eigenvalue weighted by molar-refractivity contribution is 7.98. The fraction of sp³-hybridized carbons (Fsp3) is 0.481. The van der Waals surface area contributed by atoms with Crippen LogP contribution in [0.2, 0.25) is 18.1 Å². The molecule has 5 heteroatoms. The monoisotopic (exact) mass is 471 g/mol. The lowest BCUT2D eigenvalue weighted by atomic mass is 9.87. The molecule has 3 atom stereocenters. The minimum absolute atomic E-state index is 0.0680. The van der Waals surface area contributed by atoms with Crippen molar-refractivity contribution in [3.05, 3.63) is 72.3 Å². The highest BCUT2D eigenvalue weighted by Gasteiger charge is 2.36. The van der Waals surface area contributed by atoms with Crippen molar-refractivity contribution in [1.29, 1.82) is 0 Å². The standard InChI is InChI=1S/C27H41NO2SSi/c1-8-32(9-2,10-3)30-27(24-17-13-11-14-18-24)26(23(4)5)21-22-31(29,28(6)7)25-19-15-12-16-20-25/h11-21,23,26-27H,8-10H2,1-7H3/t26-,27+,31?/m1/s1. The van der Waals surface area contributed by atoms with E-state index in [2.05, 4.69) is 63.9 Å². The molecule has 0 fully saturated rings. The van der Waals surface area contributed by atoms with Gasteiger partial charge in [0.15, 0.2) is 8.32 Å². The Morgan fingerprint density at radius 1 is 0.938 bits per heavy atom. The zero-order valence-electron chi connectivity index (χ0n) is 20.9. The maximum absolute atomic E-state index is 14.0. The van der Waals surface area contributed by atoms with Gasteiger partial charge in [-0.2, -0.15) is 0 Å². The smallest absolute Gasteiger partial charge is 0.192 e. The van der Waals surface area contributed by atoms with Crippen LogP contribution in [0.1, 0.15) is 46.3 Å². The van der Waals surface area contributed by atoms with Gasteiger partial charge in [-0.25, -0.2) is 8.51 Å². The van der Waals surface area contributed by atoms with Crippen LogP contribution < -0.4 is 0 Å². The van der Waals surface area contributed by atoms with E-state index < -0.39 is 18.0 Å². The van der Waals surface area contributed by atoms with Gasteiger partial charge in [0.2, 0.25) is 0 Å². The zero-order chi connectivity index (χ0) is 23.8. The first kappa shape index (κ1) is 26.6. The lowest BCUT2D eigenvalue weighted by molar-refractivity contribution is 0.121. The quantitative estimate of drug-likeness (QED) is 0.266. The van der Waals surface area contributed by atoms with Crippen LogP contribution in [0, 0.1) is 11.8 Å². The van der Waals surface area contributed by atoms with E-state index in [0.717, 1.165) is 23.0 Å². The molecule has 0 saturated heterocycles. The third-order valence-corrected chi connectivity index (χ3v) is 13.6. The van der Waals surface area contributed by atoms with Gasteiger partial charge in [-0.3, -0.25) is 0 Å². The Bertz CT molecular complexity index is 963. The summed E-state index contributed by atoms with van der Waals surface area (Å²) in [6.45, 7) is 11.2. The number of rotatable bonds is 11. The van der Waals surface area contributed by atoms with Crippen molar-refractivity contribution in [3.63, 3.8) is 0 Å². The van der Waals surface area contributed by atoms with Gasteiger partial charge in [0, 0.05) is 5.92 Å². The van der Waals surface area contributed by atoms with E-state index in [-0.39, 0.29) is 12.0 Å². The molecule has 176 valence electrons. The normalized spacial score (nSPS) is 15.8. The Hall–Kier alpha value is -1.62. The molecule has 0 N–H and O–H groups in total. The third kappa shape index (κ3) is 6.24. The van der Waals surface area contributed by atoms with Crippen LogP contribution in [0.15, 0.2) is 71.6 Å². The van der Waals surface area contributed by atoms with E-state index in [9.17, 15) is 4.21 Å². The zero-order valence-corrected chi connectivity index (χ0v) is 22.7. The molecule has 0 radical (unpaired) electrons. The number of hydrogen-bond donors (Lipinski definition) is 0. The SMILES string of the molecule is CC[Si](CC)(CC)O[C@@H](c1ccccc1)[C@H](C=C=S(=O)(c1ccccc1)N(C)C)C(C)C. The van der Waals surface area contributed by atoms with Crippen molar-refractivity contribution in [1.82, 2.24) is 4.31 Å². The summed E-state index contributed by atoms with van der Waals surface area (Å²) in [6, 6.07) is 23.5. The second-order valence-corrected chi connectivity index (χ2v) is 16.2. The summed E-state index contributed by atoms with van der Waals surface area (Å²) in [7, 11) is -0.755. The van der Waals surface area contributed by atoms with E-state index in [1.807, 2.05) is 56.6 Å². The first-order valence-electron chi connectivity index (χ1n) is 11.8. The van der Waals surface area contributed by atoms with Crippen molar-refractivity contribution in [3.8, 4) is 0 Å². The number of nitrogens with zero attached hydrogens (tertiary/aromatic N) is 1. The third-order valence-electron chi connectivity index (χ3n) is 6.55. The topological polar surface area (TPSA) is 29.5 Å². The summed E-state index contributed by atoms with van der Waals surface area (Å²) < 4.78 is 22.8. The van der Waals surface area contributed by atoms with Gasteiger partial charge in [0.1, 0.15) is 9.71 Å². The predicted octanol–water partition coefficient (Wildman–Crippen LogP) is 6.80. The maximum atomic E-state index is 14.0. The second-order valence-electron chi connectivity index (χ2n) is 8.95. The van der Waals surface area contributed by atoms with Crippen LogP contribution in [-0.2, 0) is 14.1 Å². The summed E-state index contributed by atoms with van der Waals surface area (Å²) in [4.78, 5) is 0.778. The highest BCUT2D eigenvalue weighted by Crippen LogP contribution is 2.38. The van der Waals surface area contributed by atoms with Crippen molar-refractivity contribution in [2.24, 2.45) is 11.8 Å². The van der Waals surface area contributed by atoms with Gasteiger partial charge >= 0.3 is 0 Å².